The Labute approximate surface area is 171 Å². The Bertz CT molecular complexity index is 1110. The van der Waals surface area contributed by atoms with E-state index in [2.05, 4.69) is 15.4 Å². The number of benzene rings is 2. The van der Waals surface area contributed by atoms with Gasteiger partial charge in [0.15, 0.2) is 5.82 Å². The SMILES string of the molecule is O=C[C@H](Cc1ccccc1)NC(=O)c1scnc1-n1cc(-c2ccccc2)cn1. The summed E-state index contributed by atoms with van der Waals surface area (Å²) in [5.41, 5.74) is 4.54. The molecular formula is C22H18N4O2S. The fourth-order valence-corrected chi connectivity index (χ4v) is 3.69. The lowest BCUT2D eigenvalue weighted by molar-refractivity contribution is -0.109. The summed E-state index contributed by atoms with van der Waals surface area (Å²) in [4.78, 5) is 29.0. The second kappa shape index (κ2) is 8.62. The summed E-state index contributed by atoms with van der Waals surface area (Å²) in [6.07, 6.45) is 4.76. The quantitative estimate of drug-likeness (QED) is 0.480. The number of amides is 1. The van der Waals surface area contributed by atoms with Crippen molar-refractivity contribution in [3.63, 3.8) is 0 Å². The Morgan fingerprint density at radius 1 is 1.07 bits per heavy atom. The van der Waals surface area contributed by atoms with E-state index in [-0.39, 0.29) is 5.91 Å². The average Bonchev–Trinajstić information content (AvgIpc) is 3.44. The molecular weight excluding hydrogens is 384 g/mol. The van der Waals surface area contributed by atoms with E-state index in [9.17, 15) is 9.59 Å². The lowest BCUT2D eigenvalue weighted by Crippen LogP contribution is -2.37. The number of nitrogens with zero attached hydrogens (tertiary/aromatic N) is 3. The Morgan fingerprint density at radius 2 is 1.79 bits per heavy atom. The lowest BCUT2D eigenvalue weighted by Gasteiger charge is -2.12. The molecule has 1 amide bonds. The van der Waals surface area contributed by atoms with Gasteiger partial charge in [-0.05, 0) is 17.5 Å². The Hall–Kier alpha value is -3.58. The number of aldehydes is 1. The fourth-order valence-electron chi connectivity index (χ4n) is 3.01. The highest BCUT2D eigenvalue weighted by Gasteiger charge is 2.20. The number of carbonyl (C=O) groups is 2. The van der Waals surface area contributed by atoms with E-state index in [1.807, 2.05) is 66.9 Å². The summed E-state index contributed by atoms with van der Waals surface area (Å²) in [6, 6.07) is 18.8. The molecule has 0 saturated carbocycles. The normalized spacial score (nSPS) is 11.7. The van der Waals surface area contributed by atoms with Gasteiger partial charge in [-0.25, -0.2) is 9.67 Å². The number of nitrogens with one attached hydrogen (secondary N) is 1. The molecule has 1 atom stereocenters. The molecule has 29 heavy (non-hydrogen) atoms. The molecule has 6 nitrogen and oxygen atoms in total. The summed E-state index contributed by atoms with van der Waals surface area (Å²) in [5, 5.41) is 7.14. The van der Waals surface area contributed by atoms with E-state index < -0.39 is 6.04 Å². The summed E-state index contributed by atoms with van der Waals surface area (Å²) < 4.78 is 1.58. The molecule has 2 aromatic heterocycles. The van der Waals surface area contributed by atoms with Gasteiger partial charge in [-0.3, -0.25) is 4.79 Å². The van der Waals surface area contributed by atoms with Gasteiger partial charge in [0.1, 0.15) is 11.2 Å². The van der Waals surface area contributed by atoms with Crippen molar-refractivity contribution >= 4 is 23.5 Å². The third-order valence-electron chi connectivity index (χ3n) is 4.44. The number of hydrogen-bond donors (Lipinski definition) is 1. The van der Waals surface area contributed by atoms with E-state index in [1.54, 1.807) is 16.4 Å². The Kier molecular flexibility index (Phi) is 5.58. The van der Waals surface area contributed by atoms with Crippen LogP contribution in [0, 0.1) is 0 Å². The minimum absolute atomic E-state index is 0.340. The molecule has 0 unspecified atom stereocenters. The maximum Gasteiger partial charge on any atom is 0.265 e. The molecule has 0 fully saturated rings. The lowest BCUT2D eigenvalue weighted by atomic mass is 10.1. The van der Waals surface area contributed by atoms with Crippen molar-refractivity contribution in [1.29, 1.82) is 0 Å². The molecule has 0 spiro atoms. The number of hydrogen-bond acceptors (Lipinski definition) is 5. The second-order valence-corrected chi connectivity index (χ2v) is 7.31. The summed E-state index contributed by atoms with van der Waals surface area (Å²) in [7, 11) is 0. The van der Waals surface area contributed by atoms with Gasteiger partial charge in [0.2, 0.25) is 0 Å². The zero-order valence-corrected chi connectivity index (χ0v) is 16.3. The van der Waals surface area contributed by atoms with Gasteiger partial charge < -0.3 is 10.1 Å². The topological polar surface area (TPSA) is 76.9 Å². The van der Waals surface area contributed by atoms with Crippen LogP contribution in [0.15, 0.2) is 78.6 Å². The van der Waals surface area contributed by atoms with E-state index >= 15 is 0 Å². The minimum Gasteiger partial charge on any atom is -0.341 e. The molecule has 0 radical (unpaired) electrons. The smallest absolute Gasteiger partial charge is 0.265 e. The van der Waals surface area contributed by atoms with Crippen LogP contribution in [-0.2, 0) is 11.2 Å². The van der Waals surface area contributed by atoms with E-state index in [0.29, 0.717) is 17.1 Å². The molecule has 4 aromatic rings. The van der Waals surface area contributed by atoms with Crippen LogP contribution in [0.1, 0.15) is 15.2 Å². The summed E-state index contributed by atoms with van der Waals surface area (Å²) >= 11 is 1.22. The highest BCUT2D eigenvalue weighted by Crippen LogP contribution is 2.22. The zero-order chi connectivity index (χ0) is 20.1. The maximum absolute atomic E-state index is 12.8. The number of rotatable bonds is 7. The number of thiazole rings is 1. The summed E-state index contributed by atoms with van der Waals surface area (Å²) in [5.74, 6) is 0.103. The van der Waals surface area contributed by atoms with Crippen LogP contribution in [0.5, 0.6) is 0 Å². The van der Waals surface area contributed by atoms with Crippen LogP contribution < -0.4 is 5.32 Å². The highest BCUT2D eigenvalue weighted by atomic mass is 32.1. The van der Waals surface area contributed by atoms with Crippen molar-refractivity contribution in [2.45, 2.75) is 12.5 Å². The predicted octanol–water partition coefficient (Wildman–Crippen LogP) is 3.54. The van der Waals surface area contributed by atoms with Crippen LogP contribution in [0.4, 0.5) is 0 Å². The standard InChI is InChI=1S/C22H18N4O2S/c27-14-19(11-16-7-3-1-4-8-16)25-22(28)20-21(23-15-29-20)26-13-18(12-24-26)17-9-5-2-6-10-17/h1-10,12-15,19H,11H2,(H,25,28)/t19-/m0/s1. The molecule has 1 N–H and O–H groups in total. The Morgan fingerprint density at radius 3 is 2.52 bits per heavy atom. The van der Waals surface area contributed by atoms with Crippen molar-refractivity contribution in [2.75, 3.05) is 0 Å². The van der Waals surface area contributed by atoms with E-state index in [0.717, 1.165) is 23.0 Å². The summed E-state index contributed by atoms with van der Waals surface area (Å²) in [6.45, 7) is 0. The molecule has 2 heterocycles. The van der Waals surface area contributed by atoms with Crippen LogP contribution in [0.2, 0.25) is 0 Å². The first-order chi connectivity index (χ1) is 14.2. The average molecular weight is 402 g/mol. The molecule has 4 rings (SSSR count). The highest BCUT2D eigenvalue weighted by molar-refractivity contribution is 7.12. The zero-order valence-electron chi connectivity index (χ0n) is 15.4. The van der Waals surface area contributed by atoms with Gasteiger partial charge in [-0.1, -0.05) is 60.7 Å². The maximum atomic E-state index is 12.8. The van der Waals surface area contributed by atoms with Crippen molar-refractivity contribution in [2.24, 2.45) is 0 Å². The van der Waals surface area contributed by atoms with Crippen LogP contribution in [-0.4, -0.2) is 33.0 Å². The first-order valence-electron chi connectivity index (χ1n) is 9.08. The molecule has 0 aliphatic rings. The van der Waals surface area contributed by atoms with Gasteiger partial charge >= 0.3 is 0 Å². The Balaban J connectivity index is 1.52. The number of carbonyl (C=O) groups excluding carboxylic acids is 2. The first kappa shape index (κ1) is 18.8. The second-order valence-electron chi connectivity index (χ2n) is 6.45. The molecule has 144 valence electrons. The third-order valence-corrected chi connectivity index (χ3v) is 5.26. The van der Waals surface area contributed by atoms with E-state index in [1.165, 1.54) is 11.3 Å². The van der Waals surface area contributed by atoms with Gasteiger partial charge in [0, 0.05) is 11.8 Å². The van der Waals surface area contributed by atoms with Crippen LogP contribution in [0.25, 0.3) is 16.9 Å². The van der Waals surface area contributed by atoms with Crippen molar-refractivity contribution < 1.29 is 9.59 Å². The van der Waals surface area contributed by atoms with Gasteiger partial charge in [0.25, 0.3) is 5.91 Å². The van der Waals surface area contributed by atoms with Gasteiger partial charge in [-0.2, -0.15) is 5.10 Å². The van der Waals surface area contributed by atoms with E-state index in [4.69, 9.17) is 0 Å². The molecule has 0 aliphatic carbocycles. The minimum atomic E-state index is -0.614. The largest absolute Gasteiger partial charge is 0.341 e. The van der Waals surface area contributed by atoms with Crippen molar-refractivity contribution in [3.05, 3.63) is 89.0 Å². The monoisotopic (exact) mass is 402 g/mol. The van der Waals surface area contributed by atoms with Crippen molar-refractivity contribution in [3.8, 4) is 16.9 Å². The molecule has 2 aromatic carbocycles. The van der Waals surface area contributed by atoms with Crippen LogP contribution >= 0.6 is 11.3 Å². The van der Waals surface area contributed by atoms with Gasteiger partial charge in [-0.15, -0.1) is 11.3 Å². The van der Waals surface area contributed by atoms with Crippen molar-refractivity contribution in [1.82, 2.24) is 20.1 Å². The first-order valence-corrected chi connectivity index (χ1v) is 9.96. The predicted molar refractivity (Wildman–Crippen MR) is 112 cm³/mol. The third kappa shape index (κ3) is 4.30. The molecule has 0 aliphatic heterocycles. The van der Waals surface area contributed by atoms with Gasteiger partial charge in [0.05, 0.1) is 17.7 Å². The fraction of sp³-hybridized carbons (Fsp3) is 0.0909. The molecule has 0 bridgehead atoms. The molecule has 0 saturated heterocycles. The number of aromatic nitrogens is 3. The molecule has 7 heteroatoms. The van der Waals surface area contributed by atoms with Crippen LogP contribution in [0.3, 0.4) is 0 Å².